The third-order valence-electron chi connectivity index (χ3n) is 15.8. The number of aromatic nitrogens is 6. The number of rotatable bonds is 20. The van der Waals surface area contributed by atoms with Crippen LogP contribution in [0.4, 0.5) is 23.3 Å². The first-order valence-electron chi connectivity index (χ1n) is 27.4. The maximum Gasteiger partial charge on any atom is 0.298 e. The van der Waals surface area contributed by atoms with Gasteiger partial charge < -0.3 is 30.5 Å². The van der Waals surface area contributed by atoms with Crippen molar-refractivity contribution in [1.82, 2.24) is 49.4 Å². The first-order chi connectivity index (χ1) is 35.0. The van der Waals surface area contributed by atoms with Crippen molar-refractivity contribution in [2.75, 3.05) is 82.7 Å². The summed E-state index contributed by atoms with van der Waals surface area (Å²) >= 11 is 0. The fourth-order valence-electron chi connectivity index (χ4n) is 11.6. The summed E-state index contributed by atoms with van der Waals surface area (Å²) in [6.07, 6.45) is 15.5. The Morgan fingerprint density at radius 1 is 0.740 bits per heavy atom. The Bertz CT molecular complexity index is 2670. The van der Waals surface area contributed by atoms with Crippen LogP contribution in [0, 0.1) is 11.8 Å². The van der Waals surface area contributed by atoms with E-state index in [2.05, 4.69) is 110 Å². The summed E-state index contributed by atoms with van der Waals surface area (Å²) in [6, 6.07) is 5.76. The number of hydrogen-bond acceptors (Lipinski definition) is 14. The van der Waals surface area contributed by atoms with Crippen molar-refractivity contribution < 1.29 is 21.6 Å². The van der Waals surface area contributed by atoms with Crippen molar-refractivity contribution in [3.05, 3.63) is 56.6 Å². The lowest BCUT2D eigenvalue weighted by Gasteiger charge is -2.22. The average molecular weight is 1080 g/mol. The van der Waals surface area contributed by atoms with E-state index in [0.29, 0.717) is 37.5 Å². The van der Waals surface area contributed by atoms with Gasteiger partial charge in [-0.25, -0.2) is 26.6 Å². The van der Waals surface area contributed by atoms with Crippen molar-refractivity contribution >= 4 is 61.1 Å². The van der Waals surface area contributed by atoms with E-state index in [4.69, 9.17) is 15.4 Å². The highest BCUT2D eigenvalue weighted by molar-refractivity contribution is 8.13. The van der Waals surface area contributed by atoms with Crippen LogP contribution in [0.25, 0.3) is 0 Å². The third-order valence-corrected chi connectivity index (χ3v) is 20.2. The molecule has 6 aliphatic rings. The summed E-state index contributed by atoms with van der Waals surface area (Å²) in [4.78, 5) is 13.4. The van der Waals surface area contributed by atoms with Crippen LogP contribution in [0.15, 0.2) is 22.4 Å². The molecular weight excluding hydrogens is 1000 g/mol. The lowest BCUT2D eigenvalue weighted by Crippen LogP contribution is -2.33. The van der Waals surface area contributed by atoms with Crippen LogP contribution in [0.3, 0.4) is 0 Å². The van der Waals surface area contributed by atoms with Gasteiger partial charge in [0.05, 0.1) is 0 Å². The minimum atomic E-state index is -4.03. The standard InChI is InChI=1S/C23H34N6O2S.C20H29ClN4O3SSi.C9H20N2/c1-3-28(4-2)14-16-11-12-29(15-16)32(30,31)23-25-22(26-27-23)24-21-19-9-5-7-17(19)13-18-8-6-10-20(18)21;1-30(2,3)11-10-28-13-25-19(23-20(24-25)29(21,26)27)22-18-16-8-4-6-14(16)12-15-7-5-9-17(15)18;1-3-11(4-2)8-9-5-6-10-7-9/h13,16H,3-12,14-15H2,1-2H3,(H2,24,25,26,27);12H,4-11,13H2,1-3H3,(H,22,23,24);9-10H,3-8H2,1-2H3/t16-;;9-/m0.1/s1. The number of aromatic amines is 1. The van der Waals surface area contributed by atoms with E-state index in [0.717, 1.165) is 114 Å². The highest BCUT2D eigenvalue weighted by Gasteiger charge is 2.36. The van der Waals surface area contributed by atoms with Gasteiger partial charge in [-0.05, 0) is 192 Å². The summed E-state index contributed by atoms with van der Waals surface area (Å²) in [5.74, 6) is 1.98. The maximum absolute atomic E-state index is 13.2. The Morgan fingerprint density at radius 2 is 1.27 bits per heavy atom. The van der Waals surface area contributed by atoms with E-state index in [1.807, 2.05) is 0 Å². The smallest absolute Gasteiger partial charge is 0.298 e. The van der Waals surface area contributed by atoms with Crippen molar-refractivity contribution in [3.8, 4) is 0 Å². The lowest BCUT2D eigenvalue weighted by molar-refractivity contribution is 0.0792. The molecule has 0 saturated carbocycles. The predicted molar refractivity (Wildman–Crippen MR) is 295 cm³/mol. The van der Waals surface area contributed by atoms with Gasteiger partial charge in [0.15, 0.2) is 0 Å². The Balaban J connectivity index is 0.000000162. The van der Waals surface area contributed by atoms with Crippen molar-refractivity contribution in [3.63, 3.8) is 0 Å². The van der Waals surface area contributed by atoms with Crippen molar-refractivity contribution in [2.45, 2.75) is 160 Å². The van der Waals surface area contributed by atoms with Crippen molar-refractivity contribution in [2.24, 2.45) is 11.8 Å². The summed E-state index contributed by atoms with van der Waals surface area (Å²) in [6.45, 7) is 26.5. The number of sulfonamides is 1. The molecule has 2 saturated heterocycles. The minimum Gasteiger partial charge on any atom is -0.359 e. The topological polar surface area (TPSA) is 196 Å². The second-order valence-electron chi connectivity index (χ2n) is 22.0. The van der Waals surface area contributed by atoms with E-state index in [1.165, 1.54) is 101 Å². The second kappa shape index (κ2) is 24.7. The molecule has 404 valence electrons. The SMILES string of the molecule is CCN(CC)C[C@@H]1CCN(S(=O)(=O)c2nc(Nc3c4c(cc5c3CCC5)CCC4)n[nH]2)C1.CCN(CC)C[C@@H]1CCNC1.C[Si](C)(C)CCOCn1nc(S(=O)(=O)Cl)nc1Nc1c2c(cc3c1CCC3)CCC2. The van der Waals surface area contributed by atoms with Gasteiger partial charge in [-0.2, -0.15) is 14.3 Å². The van der Waals surface area contributed by atoms with E-state index in [1.54, 1.807) is 4.31 Å². The molecule has 2 aromatic heterocycles. The zero-order valence-electron chi connectivity index (χ0n) is 44.7. The normalized spacial score (nSPS) is 19.4. The molecule has 0 amide bonds. The Labute approximate surface area is 441 Å². The van der Waals surface area contributed by atoms with Gasteiger partial charge in [-0.15, -0.1) is 10.2 Å². The Kier molecular flexibility index (Phi) is 18.8. The first kappa shape index (κ1) is 55.8. The number of anilines is 4. The number of benzene rings is 2. The number of hydrogen-bond donors (Lipinski definition) is 4. The van der Waals surface area contributed by atoms with Crippen LogP contribution >= 0.6 is 10.7 Å². The number of halogens is 1. The van der Waals surface area contributed by atoms with E-state index in [9.17, 15) is 16.8 Å². The molecule has 4 aliphatic carbocycles. The molecule has 2 fully saturated rings. The minimum absolute atomic E-state index is 0.0623. The number of nitrogens with zero attached hydrogens (tertiary/aromatic N) is 8. The van der Waals surface area contributed by atoms with Crippen LogP contribution in [0.2, 0.25) is 25.7 Å². The molecule has 4 heterocycles. The van der Waals surface area contributed by atoms with Gasteiger partial charge in [0.1, 0.15) is 6.73 Å². The third kappa shape index (κ3) is 13.9. The van der Waals surface area contributed by atoms with Crippen LogP contribution in [-0.4, -0.2) is 141 Å². The van der Waals surface area contributed by atoms with Crippen LogP contribution in [0.1, 0.15) is 111 Å². The fraction of sp³-hybridized carbons (Fsp3) is 0.692. The predicted octanol–water partition coefficient (Wildman–Crippen LogP) is 8.05. The monoisotopic (exact) mass is 1080 g/mol. The van der Waals surface area contributed by atoms with Gasteiger partial charge in [-0.3, -0.25) is 0 Å². The highest BCUT2D eigenvalue weighted by atomic mass is 35.7. The van der Waals surface area contributed by atoms with Crippen LogP contribution < -0.4 is 16.0 Å². The number of H-pyrrole nitrogens is 1. The molecule has 10 rings (SSSR count). The molecule has 73 heavy (non-hydrogen) atoms. The van der Waals surface area contributed by atoms with E-state index >= 15 is 0 Å². The molecule has 2 atom stereocenters. The lowest BCUT2D eigenvalue weighted by atomic mass is 9.99. The Morgan fingerprint density at radius 3 is 1.77 bits per heavy atom. The molecule has 2 aromatic carbocycles. The number of nitrogens with one attached hydrogen (secondary N) is 4. The van der Waals surface area contributed by atoms with Crippen LogP contribution in [0.5, 0.6) is 0 Å². The zero-order chi connectivity index (χ0) is 51.9. The van der Waals surface area contributed by atoms with Crippen molar-refractivity contribution in [1.29, 1.82) is 0 Å². The summed E-state index contributed by atoms with van der Waals surface area (Å²) in [5.41, 5.74) is 13.2. The molecule has 2 aliphatic heterocycles. The Hall–Kier alpha value is -3.47. The van der Waals surface area contributed by atoms with E-state index < -0.39 is 32.3 Å². The molecule has 17 nitrogen and oxygen atoms in total. The van der Waals surface area contributed by atoms with Gasteiger partial charge in [-0.1, -0.05) is 59.5 Å². The quantitative estimate of drug-likeness (QED) is 0.0377. The van der Waals surface area contributed by atoms with Crippen LogP contribution in [-0.2, 0) is 81.9 Å². The number of aryl methyl sites for hydroxylation is 4. The number of ether oxygens (including phenoxy) is 1. The van der Waals surface area contributed by atoms with Gasteiger partial charge in [0.25, 0.3) is 29.4 Å². The van der Waals surface area contributed by atoms with Gasteiger partial charge in [0.2, 0.25) is 11.9 Å². The molecule has 0 bridgehead atoms. The molecule has 0 radical (unpaired) electrons. The first-order valence-corrected chi connectivity index (χ1v) is 34.9. The molecule has 0 unspecified atom stereocenters. The molecule has 4 aromatic rings. The molecule has 4 N–H and O–H groups in total. The molecule has 21 heteroatoms. The fourth-order valence-corrected chi connectivity index (χ4v) is 14.3. The number of fused-ring (bicyclic) bond motifs is 4. The summed E-state index contributed by atoms with van der Waals surface area (Å²) in [5, 5.41) is 20.8. The molecule has 0 spiro atoms. The van der Waals surface area contributed by atoms with Gasteiger partial charge >= 0.3 is 0 Å². The molecular formula is C52H83ClN12O5S2Si. The second-order valence-corrected chi connectivity index (χ2v) is 32.0. The maximum atomic E-state index is 13.2. The van der Waals surface area contributed by atoms with Gasteiger partial charge in [0, 0.05) is 62.9 Å². The largest absolute Gasteiger partial charge is 0.359 e. The zero-order valence-corrected chi connectivity index (χ0v) is 48.1. The summed E-state index contributed by atoms with van der Waals surface area (Å²) in [7, 11) is -3.40. The summed E-state index contributed by atoms with van der Waals surface area (Å²) < 4.78 is 58.9. The van der Waals surface area contributed by atoms with E-state index in [-0.39, 0.29) is 11.9 Å². The average Bonchev–Trinajstić information content (AvgIpc) is 4.20. The highest BCUT2D eigenvalue weighted by Crippen LogP contribution is 2.41.